The van der Waals surface area contributed by atoms with E-state index in [1.165, 1.54) is 0 Å². The van der Waals surface area contributed by atoms with Crippen molar-refractivity contribution in [2.45, 2.75) is 57.4 Å². The molecule has 1 fully saturated rings. The maximum atomic E-state index is 15.0. The van der Waals surface area contributed by atoms with Crippen LogP contribution in [-0.4, -0.2) is 47.4 Å². The SMILES string of the molecule is CC(C)C[C@@H]1C(=O)N[C@H](C2Cc3ccccc3C2)C(=O)N1[C@@H](C(=O)NCC(F)(F)F)c1ccc(F)cc1F. The van der Waals surface area contributed by atoms with Gasteiger partial charge in [0.25, 0.3) is 0 Å². The van der Waals surface area contributed by atoms with E-state index < -0.39 is 65.8 Å². The molecule has 38 heavy (non-hydrogen) atoms. The number of halogens is 5. The van der Waals surface area contributed by atoms with Crippen molar-refractivity contribution in [3.63, 3.8) is 0 Å². The van der Waals surface area contributed by atoms with Gasteiger partial charge in [-0.2, -0.15) is 13.2 Å². The maximum Gasteiger partial charge on any atom is 0.405 e. The molecule has 6 nitrogen and oxygen atoms in total. The number of nitrogens with zero attached hydrogens (tertiary/aromatic N) is 1. The summed E-state index contributed by atoms with van der Waals surface area (Å²) < 4.78 is 67.6. The molecule has 11 heteroatoms. The highest BCUT2D eigenvalue weighted by molar-refractivity contribution is 6.00. The van der Waals surface area contributed by atoms with Crippen LogP contribution in [0.25, 0.3) is 0 Å². The fourth-order valence-electron chi connectivity index (χ4n) is 5.30. The maximum absolute atomic E-state index is 15.0. The number of nitrogens with one attached hydrogen (secondary N) is 2. The lowest BCUT2D eigenvalue weighted by atomic mass is 9.88. The van der Waals surface area contributed by atoms with E-state index >= 15 is 4.39 Å². The van der Waals surface area contributed by atoms with Gasteiger partial charge in [0.15, 0.2) is 0 Å². The highest BCUT2D eigenvalue weighted by atomic mass is 19.4. The summed E-state index contributed by atoms with van der Waals surface area (Å²) >= 11 is 0. The molecule has 2 N–H and O–H groups in total. The lowest BCUT2D eigenvalue weighted by Crippen LogP contribution is -2.67. The van der Waals surface area contributed by atoms with Gasteiger partial charge >= 0.3 is 6.18 Å². The van der Waals surface area contributed by atoms with Gasteiger partial charge in [-0.25, -0.2) is 8.78 Å². The van der Waals surface area contributed by atoms with Crippen LogP contribution in [-0.2, 0) is 27.2 Å². The number of fused-ring (bicyclic) bond motifs is 1. The zero-order chi connectivity index (χ0) is 27.8. The van der Waals surface area contributed by atoms with Crippen LogP contribution >= 0.6 is 0 Å². The molecule has 204 valence electrons. The van der Waals surface area contributed by atoms with Crippen LogP contribution in [0.1, 0.15) is 43.0 Å². The van der Waals surface area contributed by atoms with E-state index in [9.17, 15) is 31.9 Å². The second-order valence-corrected chi connectivity index (χ2v) is 10.2. The van der Waals surface area contributed by atoms with Gasteiger partial charge < -0.3 is 15.5 Å². The van der Waals surface area contributed by atoms with E-state index in [0.29, 0.717) is 18.9 Å². The van der Waals surface area contributed by atoms with Crippen molar-refractivity contribution >= 4 is 17.7 Å². The zero-order valence-electron chi connectivity index (χ0n) is 20.8. The summed E-state index contributed by atoms with van der Waals surface area (Å²) in [6.07, 6.45) is -3.78. The molecule has 3 amide bonds. The lowest BCUT2D eigenvalue weighted by molar-refractivity contribution is -0.159. The van der Waals surface area contributed by atoms with E-state index in [2.05, 4.69) is 5.32 Å². The first kappa shape index (κ1) is 27.5. The Labute approximate surface area is 216 Å². The first-order valence-corrected chi connectivity index (χ1v) is 12.3. The van der Waals surface area contributed by atoms with Gasteiger partial charge in [-0.15, -0.1) is 0 Å². The molecular formula is C27H28F5N3O3. The van der Waals surface area contributed by atoms with Gasteiger partial charge in [-0.1, -0.05) is 44.2 Å². The fourth-order valence-corrected chi connectivity index (χ4v) is 5.30. The molecule has 0 saturated carbocycles. The summed E-state index contributed by atoms with van der Waals surface area (Å²) in [4.78, 5) is 41.5. The van der Waals surface area contributed by atoms with E-state index in [1.807, 2.05) is 24.3 Å². The third-order valence-corrected chi connectivity index (χ3v) is 6.95. The van der Waals surface area contributed by atoms with Crippen molar-refractivity contribution < 1.29 is 36.3 Å². The Kier molecular flexibility index (Phi) is 7.75. The number of hydrogen-bond donors (Lipinski definition) is 2. The molecule has 2 aliphatic rings. The van der Waals surface area contributed by atoms with E-state index in [-0.39, 0.29) is 18.3 Å². The number of carbonyl (C=O) groups is 3. The number of hydrogen-bond acceptors (Lipinski definition) is 3. The number of rotatable bonds is 7. The number of amides is 3. The van der Waals surface area contributed by atoms with Gasteiger partial charge in [0.1, 0.15) is 36.3 Å². The third kappa shape index (κ3) is 5.81. The molecule has 0 radical (unpaired) electrons. The molecule has 1 aliphatic heterocycles. The minimum atomic E-state index is -4.78. The Balaban J connectivity index is 1.77. The van der Waals surface area contributed by atoms with Crippen molar-refractivity contribution in [2.75, 3.05) is 6.54 Å². The Morgan fingerprint density at radius 3 is 2.26 bits per heavy atom. The van der Waals surface area contributed by atoms with Crippen LogP contribution in [0.3, 0.4) is 0 Å². The van der Waals surface area contributed by atoms with Crippen LogP contribution in [0.15, 0.2) is 42.5 Å². The standard InChI is InChI=1S/C27H28F5N3O3/c1-14(2)9-21-24(36)34-22(17-10-15-5-3-4-6-16(15)11-17)26(38)35(21)23(25(37)33-13-27(30,31)32)19-8-7-18(28)12-20(19)29/h3-8,12,14,17,21-23H,9-11,13H2,1-2H3,(H,33,37)(H,34,36)/t21-,22-,23-/m1/s1. The Morgan fingerprint density at radius 1 is 1.08 bits per heavy atom. The molecule has 1 aliphatic carbocycles. The number of alkyl halides is 3. The normalized spacial score (nSPS) is 20.9. The monoisotopic (exact) mass is 537 g/mol. The van der Waals surface area contributed by atoms with Crippen LogP contribution in [0.4, 0.5) is 22.0 Å². The average Bonchev–Trinajstić information content (AvgIpc) is 3.26. The summed E-state index contributed by atoms with van der Waals surface area (Å²) in [7, 11) is 0. The van der Waals surface area contributed by atoms with Gasteiger partial charge in [0.05, 0.1) is 0 Å². The molecule has 0 aromatic heterocycles. The number of carbonyl (C=O) groups excluding carboxylic acids is 3. The van der Waals surface area contributed by atoms with Crippen LogP contribution in [0, 0.1) is 23.5 Å². The highest BCUT2D eigenvalue weighted by Gasteiger charge is 2.50. The van der Waals surface area contributed by atoms with Crippen molar-refractivity contribution in [1.29, 1.82) is 0 Å². The molecule has 2 aromatic carbocycles. The quantitative estimate of drug-likeness (QED) is 0.527. The second kappa shape index (κ2) is 10.7. The molecular weight excluding hydrogens is 509 g/mol. The van der Waals surface area contributed by atoms with E-state index in [4.69, 9.17) is 0 Å². The van der Waals surface area contributed by atoms with Crippen molar-refractivity contribution in [1.82, 2.24) is 15.5 Å². The molecule has 0 spiro atoms. The molecule has 1 saturated heterocycles. The first-order valence-electron chi connectivity index (χ1n) is 12.3. The van der Waals surface area contributed by atoms with Crippen LogP contribution in [0.5, 0.6) is 0 Å². The van der Waals surface area contributed by atoms with Crippen molar-refractivity contribution in [2.24, 2.45) is 11.8 Å². The smallest absolute Gasteiger partial charge is 0.345 e. The zero-order valence-corrected chi connectivity index (χ0v) is 20.8. The Morgan fingerprint density at radius 2 is 1.71 bits per heavy atom. The van der Waals surface area contributed by atoms with E-state index in [0.717, 1.165) is 28.2 Å². The largest absolute Gasteiger partial charge is 0.405 e. The predicted octanol–water partition coefficient (Wildman–Crippen LogP) is 3.84. The van der Waals surface area contributed by atoms with Crippen LogP contribution < -0.4 is 10.6 Å². The summed E-state index contributed by atoms with van der Waals surface area (Å²) in [6.45, 7) is 1.81. The van der Waals surface area contributed by atoms with Crippen LogP contribution in [0.2, 0.25) is 0 Å². The van der Waals surface area contributed by atoms with Gasteiger partial charge in [0, 0.05) is 11.6 Å². The topological polar surface area (TPSA) is 78.5 Å². The third-order valence-electron chi connectivity index (χ3n) is 6.95. The minimum absolute atomic E-state index is 0.0705. The van der Waals surface area contributed by atoms with Gasteiger partial charge in [-0.3, -0.25) is 14.4 Å². The first-order chi connectivity index (χ1) is 17.9. The highest BCUT2D eigenvalue weighted by Crippen LogP contribution is 2.36. The van der Waals surface area contributed by atoms with Crippen molar-refractivity contribution in [3.8, 4) is 0 Å². The summed E-state index contributed by atoms with van der Waals surface area (Å²) in [5, 5.41) is 4.48. The van der Waals surface area contributed by atoms with Gasteiger partial charge in [0.2, 0.25) is 17.7 Å². The van der Waals surface area contributed by atoms with E-state index in [1.54, 1.807) is 19.2 Å². The molecule has 3 atom stereocenters. The summed E-state index contributed by atoms with van der Waals surface area (Å²) in [5.41, 5.74) is 1.50. The predicted molar refractivity (Wildman–Crippen MR) is 128 cm³/mol. The molecule has 2 aromatic rings. The lowest BCUT2D eigenvalue weighted by Gasteiger charge is -2.44. The Hall–Kier alpha value is -3.50. The number of benzene rings is 2. The number of piperazine rings is 1. The molecule has 0 unspecified atom stereocenters. The van der Waals surface area contributed by atoms with Crippen molar-refractivity contribution in [3.05, 3.63) is 70.8 Å². The fraction of sp³-hybridized carbons (Fsp3) is 0.444. The molecule has 1 heterocycles. The molecule has 0 bridgehead atoms. The summed E-state index contributed by atoms with van der Waals surface area (Å²) in [6, 6.07) is 5.50. The average molecular weight is 538 g/mol. The molecule has 4 rings (SSSR count). The Bertz CT molecular complexity index is 1210. The minimum Gasteiger partial charge on any atom is -0.345 e. The second-order valence-electron chi connectivity index (χ2n) is 10.2. The summed E-state index contributed by atoms with van der Waals surface area (Å²) in [5.74, 6) is -5.33. The van der Waals surface area contributed by atoms with Gasteiger partial charge in [-0.05, 0) is 48.3 Å².